The smallest absolute Gasteiger partial charge is 0.460 e. The molecule has 0 aromatic heterocycles. The summed E-state index contributed by atoms with van der Waals surface area (Å²) in [6.45, 7) is 0. The van der Waals surface area contributed by atoms with Crippen LogP contribution in [0.2, 0.25) is 0 Å². The van der Waals surface area contributed by atoms with Gasteiger partial charge in [-0.2, -0.15) is 49.0 Å². The molecule has 1 aliphatic rings. The number of carbonyl (C=O) groups is 2. The first-order chi connectivity index (χ1) is 15.4. The first-order valence-electron chi connectivity index (χ1n) is 8.35. The maximum absolute atomic E-state index is 14.1. The number of hydrogen-bond acceptors (Lipinski definition) is 6. The molecule has 1 aromatic rings. The lowest BCUT2D eigenvalue weighted by Crippen LogP contribution is -2.50. The average Bonchev–Trinajstić information content (AvgIpc) is 3.05. The number of benzene rings is 1. The van der Waals surface area contributed by atoms with Crippen molar-refractivity contribution in [3.05, 3.63) is 45.9 Å². The number of nitrogens with zero attached hydrogens (tertiary/aromatic N) is 2. The third kappa shape index (κ3) is 5.51. The normalized spacial score (nSPS) is 18.1. The van der Waals surface area contributed by atoms with Gasteiger partial charge in [-0.3, -0.25) is 10.1 Å². The Morgan fingerprint density at radius 1 is 1.03 bits per heavy atom. The van der Waals surface area contributed by atoms with Gasteiger partial charge < -0.3 is 4.74 Å². The molecule has 1 aromatic carbocycles. The third-order valence-electron chi connectivity index (χ3n) is 3.89. The Hall–Kier alpha value is -3.11. The highest BCUT2D eigenvalue weighted by Crippen LogP contribution is 2.54. The molecule has 6 nitrogen and oxygen atoms in total. The molecular formula is C17H9F10N3O3S. The number of amidine groups is 1. The largest absolute Gasteiger partial charge is 0.466 e. The minimum absolute atomic E-state index is 0.118. The Labute approximate surface area is 186 Å². The lowest BCUT2D eigenvalue weighted by molar-refractivity contribution is -0.360. The molecule has 0 aliphatic carbocycles. The van der Waals surface area contributed by atoms with E-state index in [2.05, 4.69) is 20.3 Å². The van der Waals surface area contributed by atoms with Crippen LogP contribution in [0.3, 0.4) is 0 Å². The molecule has 0 radical (unpaired) electrons. The fraction of sp³-hybridized carbons (Fsp3) is 0.294. The van der Waals surface area contributed by atoms with E-state index in [1.165, 1.54) is 0 Å². The quantitative estimate of drug-likeness (QED) is 0.200. The zero-order valence-corrected chi connectivity index (χ0v) is 17.0. The molecule has 0 atom stereocenters. The second kappa shape index (κ2) is 9.27. The van der Waals surface area contributed by atoms with E-state index < -0.39 is 52.8 Å². The van der Waals surface area contributed by atoms with Gasteiger partial charge in [0, 0.05) is 11.6 Å². The molecule has 2 rings (SSSR count). The predicted molar refractivity (Wildman–Crippen MR) is 97.2 cm³/mol. The van der Waals surface area contributed by atoms with Gasteiger partial charge in [-0.05, 0) is 29.5 Å². The number of halogens is 10. The molecule has 1 N–H and O–H groups in total. The van der Waals surface area contributed by atoms with Crippen LogP contribution >= 0.6 is 11.8 Å². The minimum Gasteiger partial charge on any atom is -0.466 e. The van der Waals surface area contributed by atoms with E-state index in [1.54, 1.807) is 0 Å². The summed E-state index contributed by atoms with van der Waals surface area (Å²) in [7, 11) is 1.03. The molecule has 1 saturated heterocycles. The van der Waals surface area contributed by atoms with Crippen molar-refractivity contribution in [2.45, 2.75) is 24.2 Å². The van der Waals surface area contributed by atoms with Gasteiger partial charge in [0.05, 0.1) is 23.8 Å². The van der Waals surface area contributed by atoms with E-state index in [-0.39, 0.29) is 22.2 Å². The molecule has 0 spiro atoms. The van der Waals surface area contributed by atoms with Gasteiger partial charge in [0.15, 0.2) is 5.17 Å². The molecule has 34 heavy (non-hydrogen) atoms. The molecule has 0 saturated carbocycles. The Bertz CT molecular complexity index is 1080. The van der Waals surface area contributed by atoms with Crippen molar-refractivity contribution in [3.63, 3.8) is 0 Å². The first-order valence-corrected chi connectivity index (χ1v) is 9.17. The number of rotatable bonds is 5. The van der Waals surface area contributed by atoms with Gasteiger partial charge in [-0.15, -0.1) is 5.10 Å². The lowest BCUT2D eigenvalue weighted by atomic mass is 9.94. The molecule has 1 aliphatic heterocycles. The molecular weight excluding hydrogens is 516 g/mol. The van der Waals surface area contributed by atoms with Gasteiger partial charge in [-0.1, -0.05) is 6.07 Å². The Kier molecular flexibility index (Phi) is 7.39. The number of nitrogens with one attached hydrogen (secondary N) is 1. The molecule has 0 unspecified atom stereocenters. The highest BCUT2D eigenvalue weighted by Gasteiger charge is 2.74. The Balaban J connectivity index is 2.44. The van der Waals surface area contributed by atoms with Gasteiger partial charge in [0.25, 0.3) is 5.91 Å². The summed E-state index contributed by atoms with van der Waals surface area (Å²) in [6.07, 6.45) is -11.3. The van der Waals surface area contributed by atoms with Crippen LogP contribution in [0, 0.1) is 0 Å². The summed E-state index contributed by atoms with van der Waals surface area (Å²) in [5.74, 6) is -14.8. The fourth-order valence-corrected chi connectivity index (χ4v) is 3.02. The predicted octanol–water partition coefficient (Wildman–Crippen LogP) is 4.60. The van der Waals surface area contributed by atoms with E-state index in [0.717, 1.165) is 13.2 Å². The number of ether oxygens (including phenoxy) is 1. The number of amides is 1. The number of carbonyl (C=O) groups excluding carboxylic acids is 2. The van der Waals surface area contributed by atoms with Crippen LogP contribution in [0.15, 0.2) is 39.4 Å². The summed E-state index contributed by atoms with van der Waals surface area (Å²) < 4.78 is 136. The van der Waals surface area contributed by atoms with Gasteiger partial charge in [-0.25, -0.2) is 4.79 Å². The van der Waals surface area contributed by atoms with Gasteiger partial charge in [0.1, 0.15) is 0 Å². The Morgan fingerprint density at radius 3 is 2.18 bits per heavy atom. The summed E-state index contributed by atoms with van der Waals surface area (Å²) in [6, 6.07) is 0.114. The van der Waals surface area contributed by atoms with Crippen LogP contribution in [0.25, 0.3) is 0 Å². The van der Waals surface area contributed by atoms with Crippen molar-refractivity contribution in [1.29, 1.82) is 0 Å². The van der Waals surface area contributed by atoms with Crippen LogP contribution in [0.1, 0.15) is 16.7 Å². The monoisotopic (exact) mass is 525 g/mol. The SMILES string of the molecule is COC(=O)/C=C1/S/C(=N\N=Cc2ccc(C(F)(F)F)c(C(F)(F)C(F)(F)C(F)(F)F)c2)NC1=O. The average molecular weight is 525 g/mol. The van der Waals surface area contributed by atoms with Crippen molar-refractivity contribution >= 4 is 35.0 Å². The second-order valence-electron chi connectivity index (χ2n) is 6.19. The topological polar surface area (TPSA) is 80.1 Å². The minimum atomic E-state index is -6.86. The molecule has 1 amide bonds. The van der Waals surface area contributed by atoms with E-state index in [4.69, 9.17) is 0 Å². The van der Waals surface area contributed by atoms with Crippen LogP contribution in [-0.4, -0.2) is 42.5 Å². The highest BCUT2D eigenvalue weighted by molar-refractivity contribution is 8.18. The zero-order valence-electron chi connectivity index (χ0n) is 16.2. The van der Waals surface area contributed by atoms with Gasteiger partial charge >= 0.3 is 30.2 Å². The summed E-state index contributed by atoms with van der Waals surface area (Å²) in [5.41, 5.74) is -5.79. The van der Waals surface area contributed by atoms with Crippen molar-refractivity contribution in [2.24, 2.45) is 10.2 Å². The van der Waals surface area contributed by atoms with Crippen LogP contribution < -0.4 is 5.32 Å². The molecule has 1 fully saturated rings. The standard InChI is InChI=1S/C17H9F10N3O3S/c1-33-11(31)5-10-12(32)29-13(34-10)30-28-6-7-2-3-8(15(20,21)22)9(4-7)14(18,19)16(23,24)17(25,26)27/h2-6H,1H3,(H,29,30,32)/b10-5+,28-6?. The number of hydrogen-bond donors (Lipinski definition) is 1. The number of thioether (sulfide) groups is 1. The fourth-order valence-electron chi connectivity index (χ4n) is 2.29. The number of esters is 1. The third-order valence-corrected chi connectivity index (χ3v) is 4.79. The van der Waals surface area contributed by atoms with Crippen LogP contribution in [-0.2, 0) is 26.4 Å². The zero-order chi connectivity index (χ0) is 26.1. The first kappa shape index (κ1) is 27.1. The number of alkyl halides is 10. The summed E-state index contributed by atoms with van der Waals surface area (Å²) in [5, 5.41) is 8.49. The second-order valence-corrected chi connectivity index (χ2v) is 7.22. The Morgan fingerprint density at radius 2 is 1.65 bits per heavy atom. The number of methoxy groups -OCH3 is 1. The highest BCUT2D eigenvalue weighted by atomic mass is 32.2. The molecule has 0 bridgehead atoms. The van der Waals surface area contributed by atoms with Crippen molar-refractivity contribution in [2.75, 3.05) is 7.11 Å². The van der Waals surface area contributed by atoms with E-state index in [1.807, 2.05) is 0 Å². The molecule has 186 valence electrons. The lowest BCUT2D eigenvalue weighted by Gasteiger charge is -2.30. The summed E-state index contributed by atoms with van der Waals surface area (Å²) in [4.78, 5) is 22.6. The maximum Gasteiger partial charge on any atom is 0.460 e. The van der Waals surface area contributed by atoms with Gasteiger partial charge in [0.2, 0.25) is 0 Å². The van der Waals surface area contributed by atoms with E-state index in [0.29, 0.717) is 24.0 Å². The molecule has 17 heteroatoms. The van der Waals surface area contributed by atoms with E-state index in [9.17, 15) is 53.5 Å². The molecule has 1 heterocycles. The van der Waals surface area contributed by atoms with Crippen molar-refractivity contribution < 1.29 is 58.2 Å². The van der Waals surface area contributed by atoms with E-state index >= 15 is 0 Å². The van der Waals surface area contributed by atoms with Crippen LogP contribution in [0.5, 0.6) is 0 Å². The van der Waals surface area contributed by atoms with Crippen molar-refractivity contribution in [1.82, 2.24) is 5.32 Å². The maximum atomic E-state index is 14.1. The van der Waals surface area contributed by atoms with Crippen LogP contribution in [0.4, 0.5) is 43.9 Å². The van der Waals surface area contributed by atoms with Crippen molar-refractivity contribution in [3.8, 4) is 0 Å². The summed E-state index contributed by atoms with van der Waals surface area (Å²) >= 11 is 0.560.